The van der Waals surface area contributed by atoms with Crippen molar-refractivity contribution in [2.24, 2.45) is 4.99 Å². The molecule has 146 valence electrons. The summed E-state index contributed by atoms with van der Waals surface area (Å²) in [6, 6.07) is 8.68. The predicted molar refractivity (Wildman–Crippen MR) is 112 cm³/mol. The summed E-state index contributed by atoms with van der Waals surface area (Å²) in [5, 5.41) is 6.90. The Morgan fingerprint density at radius 1 is 1.33 bits per heavy atom. The maximum atomic E-state index is 5.43. The molecule has 3 rings (SSSR count). The molecule has 0 spiro atoms. The fraction of sp³-hybridized carbons (Fsp3) is 0.500. The fourth-order valence-electron chi connectivity index (χ4n) is 3.43. The number of nitrogens with zero attached hydrogens (tertiary/aromatic N) is 3. The van der Waals surface area contributed by atoms with Crippen LogP contribution in [0.3, 0.4) is 0 Å². The summed E-state index contributed by atoms with van der Waals surface area (Å²) in [6.45, 7) is 5.85. The third kappa shape index (κ3) is 5.20. The van der Waals surface area contributed by atoms with Crippen LogP contribution in [0, 0.1) is 6.92 Å². The van der Waals surface area contributed by atoms with Crippen molar-refractivity contribution in [3.05, 3.63) is 45.9 Å². The van der Waals surface area contributed by atoms with Crippen molar-refractivity contribution in [3.8, 4) is 5.75 Å². The van der Waals surface area contributed by atoms with E-state index in [1.54, 1.807) is 18.4 Å². The molecule has 7 heteroatoms. The molecule has 2 aromatic rings. The fourth-order valence-corrected chi connectivity index (χ4v) is 4.15. The number of aliphatic imine (C=N–C) groups is 1. The zero-order valence-electron chi connectivity index (χ0n) is 16.4. The van der Waals surface area contributed by atoms with Gasteiger partial charge in [0.1, 0.15) is 5.75 Å². The average molecular weight is 388 g/mol. The Morgan fingerprint density at radius 3 is 2.81 bits per heavy atom. The van der Waals surface area contributed by atoms with Crippen LogP contribution < -0.4 is 15.4 Å². The lowest BCUT2D eigenvalue weighted by Crippen LogP contribution is -2.42. The normalized spacial score (nSPS) is 16.3. The van der Waals surface area contributed by atoms with E-state index in [0.717, 1.165) is 43.6 Å². The highest BCUT2D eigenvalue weighted by Crippen LogP contribution is 2.27. The summed E-state index contributed by atoms with van der Waals surface area (Å²) in [5.41, 5.74) is 4.24. The van der Waals surface area contributed by atoms with Gasteiger partial charge in [-0.1, -0.05) is 12.1 Å². The van der Waals surface area contributed by atoms with Crippen molar-refractivity contribution >= 4 is 17.3 Å². The highest BCUT2D eigenvalue weighted by molar-refractivity contribution is 7.09. The standard InChI is InChI=1S/C20H29N5OS/c1-15-19(27-14-24-15)13-23-20(21-2)22-12-18(25-9-4-5-10-25)16-7-6-8-17(11-16)26-3/h6-8,11,14,18H,4-5,9-10,12-13H2,1-3H3,(H2,21,22,23). The molecule has 1 atom stereocenters. The van der Waals surface area contributed by atoms with Gasteiger partial charge in [-0.15, -0.1) is 11.3 Å². The highest BCUT2D eigenvalue weighted by atomic mass is 32.1. The van der Waals surface area contributed by atoms with Gasteiger partial charge >= 0.3 is 0 Å². The first-order valence-electron chi connectivity index (χ1n) is 9.42. The molecule has 2 N–H and O–H groups in total. The molecule has 1 unspecified atom stereocenters. The van der Waals surface area contributed by atoms with E-state index in [1.807, 2.05) is 25.5 Å². The van der Waals surface area contributed by atoms with Gasteiger partial charge in [-0.3, -0.25) is 9.89 Å². The first kappa shape index (κ1) is 19.6. The van der Waals surface area contributed by atoms with Crippen LogP contribution in [0.25, 0.3) is 0 Å². The van der Waals surface area contributed by atoms with Crippen LogP contribution in [-0.2, 0) is 6.54 Å². The molecule has 1 saturated heterocycles. The van der Waals surface area contributed by atoms with Gasteiger partial charge in [-0.2, -0.15) is 0 Å². The molecule has 6 nitrogen and oxygen atoms in total. The lowest BCUT2D eigenvalue weighted by atomic mass is 10.1. The molecule has 1 aliphatic heterocycles. The second kappa shape index (κ2) is 9.71. The number of hydrogen-bond donors (Lipinski definition) is 2. The minimum atomic E-state index is 0.297. The van der Waals surface area contributed by atoms with Gasteiger partial charge in [0.25, 0.3) is 0 Å². The third-order valence-corrected chi connectivity index (χ3v) is 5.94. The second-order valence-corrected chi connectivity index (χ2v) is 7.64. The second-order valence-electron chi connectivity index (χ2n) is 6.70. The Bertz CT molecular complexity index is 754. The molecule has 27 heavy (non-hydrogen) atoms. The van der Waals surface area contributed by atoms with Crippen molar-refractivity contribution in [1.29, 1.82) is 0 Å². The molecule has 0 saturated carbocycles. The molecular formula is C20H29N5OS. The van der Waals surface area contributed by atoms with Gasteiger partial charge in [0.2, 0.25) is 0 Å². The van der Waals surface area contributed by atoms with E-state index in [4.69, 9.17) is 4.74 Å². The maximum Gasteiger partial charge on any atom is 0.191 e. The zero-order chi connectivity index (χ0) is 19.1. The third-order valence-electron chi connectivity index (χ3n) is 5.01. The van der Waals surface area contributed by atoms with Crippen LogP contribution in [0.1, 0.15) is 35.0 Å². The number of aryl methyl sites for hydroxylation is 1. The van der Waals surface area contributed by atoms with Crippen LogP contribution in [-0.4, -0.2) is 49.6 Å². The van der Waals surface area contributed by atoms with Crippen LogP contribution in [0.15, 0.2) is 34.8 Å². The van der Waals surface area contributed by atoms with E-state index < -0.39 is 0 Å². The van der Waals surface area contributed by atoms with Crippen LogP contribution in [0.2, 0.25) is 0 Å². The lowest BCUT2D eigenvalue weighted by Gasteiger charge is -2.29. The maximum absolute atomic E-state index is 5.43. The number of guanidine groups is 1. The number of thiazole rings is 1. The summed E-state index contributed by atoms with van der Waals surface area (Å²) in [7, 11) is 3.53. The number of methoxy groups -OCH3 is 1. The quantitative estimate of drug-likeness (QED) is 0.565. The van der Waals surface area contributed by atoms with Crippen LogP contribution in [0.4, 0.5) is 0 Å². The number of nitrogens with one attached hydrogen (secondary N) is 2. The molecule has 0 aliphatic carbocycles. The van der Waals surface area contributed by atoms with E-state index in [1.165, 1.54) is 23.3 Å². The first-order valence-corrected chi connectivity index (χ1v) is 10.3. The molecule has 1 aliphatic rings. The molecule has 0 amide bonds. The Kier molecular flexibility index (Phi) is 7.06. The molecule has 2 heterocycles. The first-order chi connectivity index (χ1) is 13.2. The SMILES string of the molecule is CN=C(NCc1scnc1C)NCC(c1cccc(OC)c1)N1CCCC1. The van der Waals surface area contributed by atoms with E-state index in [-0.39, 0.29) is 0 Å². The number of aromatic nitrogens is 1. The van der Waals surface area contributed by atoms with Crippen molar-refractivity contribution in [2.45, 2.75) is 32.4 Å². The van der Waals surface area contributed by atoms with E-state index in [9.17, 15) is 0 Å². The summed E-state index contributed by atoms with van der Waals surface area (Å²) in [5.74, 6) is 1.72. The van der Waals surface area contributed by atoms with Gasteiger partial charge in [-0.05, 0) is 50.6 Å². The van der Waals surface area contributed by atoms with E-state index in [0.29, 0.717) is 6.04 Å². The van der Waals surface area contributed by atoms with E-state index >= 15 is 0 Å². The predicted octanol–water partition coefficient (Wildman–Crippen LogP) is 2.96. The molecule has 0 radical (unpaired) electrons. The Hall–Kier alpha value is -2.12. The number of hydrogen-bond acceptors (Lipinski definition) is 5. The van der Waals surface area contributed by atoms with E-state index in [2.05, 4.69) is 43.7 Å². The molecule has 1 aromatic heterocycles. The topological polar surface area (TPSA) is 61.8 Å². The van der Waals surface area contributed by atoms with Gasteiger partial charge in [0.15, 0.2) is 5.96 Å². The summed E-state index contributed by atoms with van der Waals surface area (Å²) < 4.78 is 5.43. The Labute approximate surface area is 165 Å². The van der Waals surface area contributed by atoms with Crippen molar-refractivity contribution in [1.82, 2.24) is 20.5 Å². The van der Waals surface area contributed by atoms with Gasteiger partial charge < -0.3 is 15.4 Å². The number of ether oxygens (including phenoxy) is 1. The molecule has 1 aromatic carbocycles. The van der Waals surface area contributed by atoms with Crippen molar-refractivity contribution in [3.63, 3.8) is 0 Å². The monoisotopic (exact) mass is 387 g/mol. The molecular weight excluding hydrogens is 358 g/mol. The van der Waals surface area contributed by atoms with Gasteiger partial charge in [-0.25, -0.2) is 4.98 Å². The number of rotatable bonds is 7. The summed E-state index contributed by atoms with van der Waals surface area (Å²) in [6.07, 6.45) is 2.52. The zero-order valence-corrected chi connectivity index (χ0v) is 17.2. The number of likely N-dealkylation sites (tertiary alicyclic amines) is 1. The van der Waals surface area contributed by atoms with Crippen molar-refractivity contribution < 1.29 is 4.74 Å². The summed E-state index contributed by atoms with van der Waals surface area (Å²) >= 11 is 1.67. The van der Waals surface area contributed by atoms with Gasteiger partial charge in [0, 0.05) is 18.5 Å². The summed E-state index contributed by atoms with van der Waals surface area (Å²) in [4.78, 5) is 12.5. The van der Waals surface area contributed by atoms with Crippen molar-refractivity contribution in [2.75, 3.05) is 33.8 Å². The minimum absolute atomic E-state index is 0.297. The van der Waals surface area contributed by atoms with Crippen LogP contribution >= 0.6 is 11.3 Å². The highest BCUT2D eigenvalue weighted by Gasteiger charge is 2.24. The number of benzene rings is 1. The Morgan fingerprint density at radius 2 is 2.15 bits per heavy atom. The molecule has 0 bridgehead atoms. The Balaban J connectivity index is 1.65. The lowest BCUT2D eigenvalue weighted by molar-refractivity contribution is 0.245. The van der Waals surface area contributed by atoms with Gasteiger partial charge in [0.05, 0.1) is 30.9 Å². The largest absolute Gasteiger partial charge is 0.497 e. The minimum Gasteiger partial charge on any atom is -0.497 e. The van der Waals surface area contributed by atoms with Crippen LogP contribution in [0.5, 0.6) is 5.75 Å². The molecule has 1 fully saturated rings. The smallest absolute Gasteiger partial charge is 0.191 e. The average Bonchev–Trinajstić information content (AvgIpc) is 3.37.